The van der Waals surface area contributed by atoms with Crippen molar-refractivity contribution in [2.75, 3.05) is 12.0 Å². The molecule has 0 radical (unpaired) electrons. The Labute approximate surface area is 118 Å². The molecular formula is C12H12F3N5O. The van der Waals surface area contributed by atoms with Gasteiger partial charge in [-0.2, -0.15) is 18.2 Å². The highest BCUT2D eigenvalue weighted by atomic mass is 19.4. The Morgan fingerprint density at radius 3 is 2.67 bits per heavy atom. The van der Waals surface area contributed by atoms with Crippen molar-refractivity contribution in [2.24, 2.45) is 5.84 Å². The Morgan fingerprint density at radius 2 is 2.05 bits per heavy atom. The maximum Gasteiger partial charge on any atom is 0.433 e. The van der Waals surface area contributed by atoms with Gasteiger partial charge in [-0.05, 0) is 12.1 Å². The zero-order valence-electron chi connectivity index (χ0n) is 10.8. The van der Waals surface area contributed by atoms with E-state index in [1.807, 2.05) is 11.5 Å². The first-order valence-electron chi connectivity index (χ1n) is 5.94. The van der Waals surface area contributed by atoms with Gasteiger partial charge in [0.2, 0.25) is 11.8 Å². The molecule has 6 nitrogen and oxygen atoms in total. The lowest BCUT2D eigenvalue weighted by atomic mass is 10.3. The average Bonchev–Trinajstić information content (AvgIpc) is 2.47. The van der Waals surface area contributed by atoms with Gasteiger partial charge >= 0.3 is 6.18 Å². The van der Waals surface area contributed by atoms with Gasteiger partial charge in [0.25, 0.3) is 0 Å². The Kier molecular flexibility index (Phi) is 4.53. The third kappa shape index (κ3) is 4.28. The largest absolute Gasteiger partial charge is 0.477 e. The standard InChI is InChI=1S/C12H12F3N5O/c13-12(14,15)9-7-10(19-11(18-9)20-16)21-6-4-8-3-1-2-5-17-8/h1-3,5,7H,4,6,16H2,(H,18,19,20). The zero-order chi connectivity index (χ0) is 15.3. The van der Waals surface area contributed by atoms with E-state index in [-0.39, 0.29) is 18.4 Å². The molecular weight excluding hydrogens is 287 g/mol. The summed E-state index contributed by atoms with van der Waals surface area (Å²) in [5.41, 5.74) is 1.61. The summed E-state index contributed by atoms with van der Waals surface area (Å²) in [5, 5.41) is 0. The molecule has 2 aromatic heterocycles. The molecule has 112 valence electrons. The SMILES string of the molecule is NNc1nc(OCCc2ccccn2)cc(C(F)(F)F)n1. The molecule has 0 saturated heterocycles. The maximum absolute atomic E-state index is 12.6. The van der Waals surface area contributed by atoms with Gasteiger partial charge < -0.3 is 4.74 Å². The number of rotatable bonds is 5. The summed E-state index contributed by atoms with van der Waals surface area (Å²) in [6, 6.07) is 6.09. The van der Waals surface area contributed by atoms with Crippen LogP contribution in [0.2, 0.25) is 0 Å². The first-order valence-corrected chi connectivity index (χ1v) is 5.94. The Balaban J connectivity index is 2.05. The number of halogens is 3. The van der Waals surface area contributed by atoms with E-state index in [1.54, 1.807) is 18.3 Å². The van der Waals surface area contributed by atoms with Crippen molar-refractivity contribution in [3.05, 3.63) is 41.9 Å². The fraction of sp³-hybridized carbons (Fsp3) is 0.250. The normalized spacial score (nSPS) is 11.2. The fourth-order valence-electron chi connectivity index (χ4n) is 1.51. The van der Waals surface area contributed by atoms with E-state index < -0.39 is 11.9 Å². The van der Waals surface area contributed by atoms with Crippen LogP contribution in [0.15, 0.2) is 30.5 Å². The van der Waals surface area contributed by atoms with Crippen LogP contribution in [0.4, 0.5) is 19.1 Å². The van der Waals surface area contributed by atoms with Crippen LogP contribution in [0.5, 0.6) is 5.88 Å². The number of ether oxygens (including phenoxy) is 1. The number of nitrogen functional groups attached to an aromatic ring is 1. The third-order valence-corrected chi connectivity index (χ3v) is 2.46. The van der Waals surface area contributed by atoms with Crippen molar-refractivity contribution in [2.45, 2.75) is 12.6 Å². The Bertz CT molecular complexity index is 591. The van der Waals surface area contributed by atoms with E-state index in [4.69, 9.17) is 10.6 Å². The van der Waals surface area contributed by atoms with Gasteiger partial charge in [0.1, 0.15) is 0 Å². The molecule has 0 aliphatic carbocycles. The number of nitrogens with one attached hydrogen (secondary N) is 1. The average molecular weight is 299 g/mol. The molecule has 2 heterocycles. The number of alkyl halides is 3. The van der Waals surface area contributed by atoms with E-state index in [0.29, 0.717) is 6.42 Å². The summed E-state index contributed by atoms with van der Waals surface area (Å²) in [7, 11) is 0. The van der Waals surface area contributed by atoms with Gasteiger partial charge in [0, 0.05) is 24.4 Å². The van der Waals surface area contributed by atoms with Crippen LogP contribution >= 0.6 is 0 Å². The van der Waals surface area contributed by atoms with Crippen molar-refractivity contribution in [3.63, 3.8) is 0 Å². The molecule has 0 fully saturated rings. The molecule has 0 aliphatic heterocycles. The van der Waals surface area contributed by atoms with Crippen LogP contribution in [-0.2, 0) is 12.6 Å². The number of anilines is 1. The van der Waals surface area contributed by atoms with Gasteiger partial charge in [0.15, 0.2) is 5.69 Å². The third-order valence-electron chi connectivity index (χ3n) is 2.46. The molecule has 0 spiro atoms. The first-order chi connectivity index (χ1) is 9.99. The molecule has 21 heavy (non-hydrogen) atoms. The van der Waals surface area contributed by atoms with E-state index >= 15 is 0 Å². The Morgan fingerprint density at radius 1 is 1.24 bits per heavy atom. The van der Waals surface area contributed by atoms with E-state index in [2.05, 4.69) is 15.0 Å². The highest BCUT2D eigenvalue weighted by Crippen LogP contribution is 2.30. The van der Waals surface area contributed by atoms with Crippen LogP contribution in [0.3, 0.4) is 0 Å². The van der Waals surface area contributed by atoms with Crippen molar-refractivity contribution >= 4 is 5.95 Å². The highest BCUT2D eigenvalue weighted by Gasteiger charge is 2.34. The molecule has 0 amide bonds. The second kappa shape index (κ2) is 6.35. The van der Waals surface area contributed by atoms with Crippen molar-refractivity contribution in [1.82, 2.24) is 15.0 Å². The summed E-state index contributed by atoms with van der Waals surface area (Å²) < 4.78 is 43.1. The smallest absolute Gasteiger partial charge is 0.433 e. The van der Waals surface area contributed by atoms with Crippen LogP contribution in [0, 0.1) is 0 Å². The van der Waals surface area contributed by atoms with Gasteiger partial charge in [-0.15, -0.1) is 0 Å². The second-order valence-corrected chi connectivity index (χ2v) is 3.98. The molecule has 0 aliphatic rings. The van der Waals surface area contributed by atoms with Gasteiger partial charge in [0.05, 0.1) is 6.61 Å². The van der Waals surface area contributed by atoms with Crippen molar-refractivity contribution < 1.29 is 17.9 Å². The molecule has 0 unspecified atom stereocenters. The van der Waals surface area contributed by atoms with Crippen molar-refractivity contribution in [3.8, 4) is 5.88 Å². The maximum atomic E-state index is 12.6. The van der Waals surface area contributed by atoms with Crippen LogP contribution in [-0.4, -0.2) is 21.6 Å². The zero-order valence-corrected chi connectivity index (χ0v) is 10.8. The summed E-state index contributed by atoms with van der Waals surface area (Å²) in [5.74, 6) is 4.47. The lowest BCUT2D eigenvalue weighted by Gasteiger charge is -2.10. The van der Waals surface area contributed by atoms with Gasteiger partial charge in [-0.25, -0.2) is 10.8 Å². The molecule has 0 bridgehead atoms. The number of hydrogen-bond donors (Lipinski definition) is 2. The number of pyridine rings is 1. The lowest BCUT2D eigenvalue weighted by Crippen LogP contribution is -2.16. The minimum atomic E-state index is -4.60. The molecule has 0 saturated carbocycles. The second-order valence-electron chi connectivity index (χ2n) is 3.98. The molecule has 2 rings (SSSR count). The van der Waals surface area contributed by atoms with Crippen LogP contribution in [0.1, 0.15) is 11.4 Å². The summed E-state index contributed by atoms with van der Waals surface area (Å²) in [4.78, 5) is 11.0. The van der Waals surface area contributed by atoms with Gasteiger partial charge in [-0.3, -0.25) is 10.4 Å². The quantitative estimate of drug-likeness (QED) is 0.647. The summed E-state index contributed by atoms with van der Waals surface area (Å²) in [6.07, 6.45) is -2.54. The molecule has 3 N–H and O–H groups in total. The van der Waals surface area contributed by atoms with E-state index in [1.165, 1.54) is 0 Å². The summed E-state index contributed by atoms with van der Waals surface area (Å²) in [6.45, 7) is 0.134. The minimum Gasteiger partial charge on any atom is -0.477 e. The van der Waals surface area contributed by atoms with E-state index in [9.17, 15) is 13.2 Å². The molecule has 0 atom stereocenters. The lowest BCUT2D eigenvalue weighted by molar-refractivity contribution is -0.141. The predicted octanol–water partition coefficient (Wildman–Crippen LogP) is 1.80. The van der Waals surface area contributed by atoms with Crippen LogP contribution < -0.4 is 16.0 Å². The number of nitrogens with zero attached hydrogens (tertiary/aromatic N) is 3. The molecule has 9 heteroatoms. The fourth-order valence-corrected chi connectivity index (χ4v) is 1.51. The highest BCUT2D eigenvalue weighted by molar-refractivity contribution is 5.30. The number of nitrogens with two attached hydrogens (primary N) is 1. The van der Waals surface area contributed by atoms with Gasteiger partial charge in [-0.1, -0.05) is 6.07 Å². The molecule has 2 aromatic rings. The number of aromatic nitrogens is 3. The minimum absolute atomic E-state index is 0.134. The predicted molar refractivity (Wildman–Crippen MR) is 68.3 cm³/mol. The topological polar surface area (TPSA) is 86.0 Å². The monoisotopic (exact) mass is 299 g/mol. The van der Waals surface area contributed by atoms with Crippen molar-refractivity contribution in [1.29, 1.82) is 0 Å². The van der Waals surface area contributed by atoms with E-state index in [0.717, 1.165) is 11.8 Å². The molecule has 0 aromatic carbocycles. The first kappa shape index (κ1) is 15.0. The Hall–Kier alpha value is -2.42. The summed E-state index contributed by atoms with van der Waals surface area (Å²) >= 11 is 0. The number of hydrazine groups is 1. The number of hydrogen-bond acceptors (Lipinski definition) is 6. The van der Waals surface area contributed by atoms with Crippen LogP contribution in [0.25, 0.3) is 0 Å².